The third kappa shape index (κ3) is 4.21. The van der Waals surface area contributed by atoms with Gasteiger partial charge in [0.15, 0.2) is 0 Å². The molecule has 0 aliphatic heterocycles. The van der Waals surface area contributed by atoms with Crippen LogP contribution in [0.2, 0.25) is 5.02 Å². The summed E-state index contributed by atoms with van der Waals surface area (Å²) in [5, 5.41) is 1.05. The molecule has 6 heteroatoms. The zero-order valence-electron chi connectivity index (χ0n) is 15.8. The molecule has 2 aromatic rings. The van der Waals surface area contributed by atoms with Crippen molar-refractivity contribution in [3.8, 4) is 0 Å². The summed E-state index contributed by atoms with van der Waals surface area (Å²) >= 11 is 6.04. The molecule has 2 rings (SSSR count). The lowest BCUT2D eigenvalue weighted by Gasteiger charge is -2.31. The number of fused-ring (bicyclic) bond motifs is 1. The highest BCUT2D eigenvalue weighted by Gasteiger charge is 2.27. The van der Waals surface area contributed by atoms with Crippen molar-refractivity contribution in [1.82, 2.24) is 14.5 Å². The van der Waals surface area contributed by atoms with Gasteiger partial charge in [-0.3, -0.25) is 14.2 Å². The zero-order valence-corrected chi connectivity index (χ0v) is 16.5. The predicted molar refractivity (Wildman–Crippen MR) is 102 cm³/mol. The molecule has 0 aliphatic carbocycles. The molecule has 0 spiro atoms. The molecule has 1 heterocycles. The summed E-state index contributed by atoms with van der Waals surface area (Å²) in [6.45, 7) is 10.5. The van der Waals surface area contributed by atoms with Crippen LogP contribution in [0.1, 0.15) is 52.9 Å². The van der Waals surface area contributed by atoms with Gasteiger partial charge in [-0.25, -0.2) is 4.98 Å². The minimum atomic E-state index is -0.305. The maximum atomic E-state index is 12.7. The van der Waals surface area contributed by atoms with E-state index in [1.54, 1.807) is 30.1 Å². The first-order valence-corrected chi connectivity index (χ1v) is 8.88. The van der Waals surface area contributed by atoms with Crippen LogP contribution in [0.3, 0.4) is 0 Å². The van der Waals surface area contributed by atoms with E-state index in [9.17, 15) is 9.59 Å². The van der Waals surface area contributed by atoms with Gasteiger partial charge in [0.2, 0.25) is 5.91 Å². The Labute approximate surface area is 153 Å². The lowest BCUT2D eigenvalue weighted by Crippen LogP contribution is -2.38. The van der Waals surface area contributed by atoms with E-state index in [1.807, 2.05) is 34.6 Å². The van der Waals surface area contributed by atoms with E-state index in [1.165, 1.54) is 4.57 Å². The molecule has 1 aromatic heterocycles. The molecule has 5 nitrogen and oxygen atoms in total. The lowest BCUT2D eigenvalue weighted by atomic mass is 9.91. The molecule has 1 atom stereocenters. The first-order valence-electron chi connectivity index (χ1n) is 8.51. The first-order chi connectivity index (χ1) is 11.5. The zero-order chi connectivity index (χ0) is 18.9. The molecule has 0 saturated heterocycles. The van der Waals surface area contributed by atoms with Crippen LogP contribution in [-0.2, 0) is 11.8 Å². The summed E-state index contributed by atoms with van der Waals surface area (Å²) in [4.78, 5) is 31.8. The molecular weight excluding hydrogens is 338 g/mol. The summed E-state index contributed by atoms with van der Waals surface area (Å²) in [6, 6.07) is 4.74. The van der Waals surface area contributed by atoms with Crippen molar-refractivity contribution in [3.05, 3.63) is 39.4 Å². The van der Waals surface area contributed by atoms with Gasteiger partial charge in [0, 0.05) is 25.0 Å². The van der Waals surface area contributed by atoms with Gasteiger partial charge in [-0.2, -0.15) is 0 Å². The number of nitrogens with zero attached hydrogens (tertiary/aromatic N) is 3. The fourth-order valence-electron chi connectivity index (χ4n) is 3.00. The van der Waals surface area contributed by atoms with Gasteiger partial charge in [0.1, 0.15) is 5.82 Å². The Bertz CT molecular complexity index is 852. The lowest BCUT2D eigenvalue weighted by molar-refractivity contribution is -0.135. The standard InChI is InChI=1S/C19H26ClN3O2/c1-7-23(16(24)11-19(3,4)5)12(2)17-21-15-10-13(20)8-9-14(15)18(25)22(17)6/h8-10,12H,7,11H2,1-6H3. The van der Waals surface area contributed by atoms with E-state index >= 15 is 0 Å². The van der Waals surface area contributed by atoms with Crippen LogP contribution in [0.5, 0.6) is 0 Å². The number of hydrogen-bond acceptors (Lipinski definition) is 3. The van der Waals surface area contributed by atoms with E-state index < -0.39 is 0 Å². The van der Waals surface area contributed by atoms with E-state index in [0.29, 0.717) is 34.7 Å². The van der Waals surface area contributed by atoms with E-state index in [0.717, 1.165) is 0 Å². The second kappa shape index (κ2) is 7.16. The summed E-state index contributed by atoms with van der Waals surface area (Å²) in [6.07, 6.45) is 0.443. The molecule has 0 aliphatic rings. The number of hydrogen-bond donors (Lipinski definition) is 0. The summed E-state index contributed by atoms with van der Waals surface area (Å²) in [7, 11) is 1.69. The Kier molecular flexibility index (Phi) is 5.57. The van der Waals surface area contributed by atoms with Crippen LogP contribution in [0.25, 0.3) is 10.9 Å². The summed E-state index contributed by atoms with van der Waals surface area (Å²) in [5.41, 5.74) is 0.320. The molecule has 0 N–H and O–H groups in total. The summed E-state index contributed by atoms with van der Waals surface area (Å²) in [5.74, 6) is 0.617. The normalized spacial score (nSPS) is 13.1. The van der Waals surface area contributed by atoms with E-state index in [2.05, 4.69) is 4.98 Å². The van der Waals surface area contributed by atoms with Crippen molar-refractivity contribution in [1.29, 1.82) is 0 Å². The number of benzene rings is 1. The molecule has 0 radical (unpaired) electrons. The quantitative estimate of drug-likeness (QED) is 0.826. The van der Waals surface area contributed by atoms with Crippen LogP contribution in [0.15, 0.2) is 23.0 Å². The number of carbonyl (C=O) groups excluding carboxylic acids is 1. The van der Waals surface area contributed by atoms with Gasteiger partial charge in [0.05, 0.1) is 16.9 Å². The van der Waals surface area contributed by atoms with Crippen molar-refractivity contribution in [3.63, 3.8) is 0 Å². The molecule has 136 valence electrons. The smallest absolute Gasteiger partial charge is 0.261 e. The molecular formula is C19H26ClN3O2. The van der Waals surface area contributed by atoms with Crippen LogP contribution >= 0.6 is 11.6 Å². The van der Waals surface area contributed by atoms with E-state index in [4.69, 9.17) is 11.6 Å². The third-order valence-corrected chi connectivity index (χ3v) is 4.49. The predicted octanol–water partition coefficient (Wildman–Crippen LogP) is 3.93. The van der Waals surface area contributed by atoms with Gasteiger partial charge in [-0.05, 0) is 37.5 Å². The number of halogens is 1. The first kappa shape index (κ1) is 19.4. The fraction of sp³-hybridized carbons (Fsp3) is 0.526. The molecule has 25 heavy (non-hydrogen) atoms. The van der Waals surface area contributed by atoms with Gasteiger partial charge < -0.3 is 4.90 Å². The maximum absolute atomic E-state index is 12.7. The molecule has 1 amide bonds. The number of rotatable bonds is 4. The number of aromatic nitrogens is 2. The second-order valence-electron chi connectivity index (χ2n) is 7.59. The second-order valence-corrected chi connectivity index (χ2v) is 8.03. The van der Waals surface area contributed by atoms with Crippen molar-refractivity contribution in [2.45, 2.75) is 47.1 Å². The van der Waals surface area contributed by atoms with Gasteiger partial charge in [0.25, 0.3) is 5.56 Å². The van der Waals surface area contributed by atoms with Crippen molar-refractivity contribution in [2.24, 2.45) is 12.5 Å². The van der Waals surface area contributed by atoms with Crippen LogP contribution in [0, 0.1) is 5.41 Å². The fourth-order valence-corrected chi connectivity index (χ4v) is 3.16. The molecule has 0 saturated carbocycles. The van der Waals surface area contributed by atoms with E-state index in [-0.39, 0.29) is 22.9 Å². The molecule has 0 bridgehead atoms. The average molecular weight is 364 g/mol. The van der Waals surface area contributed by atoms with Crippen LogP contribution in [-0.4, -0.2) is 26.9 Å². The van der Waals surface area contributed by atoms with Gasteiger partial charge in [-0.15, -0.1) is 0 Å². The number of amides is 1. The molecule has 0 fully saturated rings. The Morgan fingerprint density at radius 3 is 2.56 bits per heavy atom. The Morgan fingerprint density at radius 2 is 2.00 bits per heavy atom. The van der Waals surface area contributed by atoms with Crippen molar-refractivity contribution < 1.29 is 4.79 Å². The van der Waals surface area contributed by atoms with Crippen LogP contribution < -0.4 is 5.56 Å². The third-order valence-electron chi connectivity index (χ3n) is 4.26. The Morgan fingerprint density at radius 1 is 1.36 bits per heavy atom. The maximum Gasteiger partial charge on any atom is 0.261 e. The largest absolute Gasteiger partial charge is 0.333 e. The van der Waals surface area contributed by atoms with Crippen molar-refractivity contribution in [2.75, 3.05) is 6.54 Å². The van der Waals surface area contributed by atoms with Crippen LogP contribution in [0.4, 0.5) is 0 Å². The topological polar surface area (TPSA) is 55.2 Å². The minimum Gasteiger partial charge on any atom is -0.333 e. The van der Waals surface area contributed by atoms with Gasteiger partial charge in [-0.1, -0.05) is 32.4 Å². The number of carbonyl (C=O) groups is 1. The highest BCUT2D eigenvalue weighted by atomic mass is 35.5. The Hall–Kier alpha value is -1.88. The highest BCUT2D eigenvalue weighted by molar-refractivity contribution is 6.31. The van der Waals surface area contributed by atoms with Gasteiger partial charge >= 0.3 is 0 Å². The Balaban J connectivity index is 2.50. The minimum absolute atomic E-state index is 0.0583. The summed E-state index contributed by atoms with van der Waals surface area (Å²) < 4.78 is 1.52. The SMILES string of the molecule is CCN(C(=O)CC(C)(C)C)C(C)c1nc2cc(Cl)ccc2c(=O)n1C. The van der Waals surface area contributed by atoms with Crippen molar-refractivity contribution >= 4 is 28.4 Å². The monoisotopic (exact) mass is 363 g/mol. The molecule has 1 aromatic carbocycles. The average Bonchev–Trinajstić information content (AvgIpc) is 2.49. The molecule has 1 unspecified atom stereocenters. The highest BCUT2D eigenvalue weighted by Crippen LogP contribution is 2.25.